The topological polar surface area (TPSA) is 63.3 Å². The van der Waals surface area contributed by atoms with E-state index in [0.29, 0.717) is 0 Å². The van der Waals surface area contributed by atoms with Crippen molar-refractivity contribution in [1.29, 1.82) is 0 Å². The molecule has 0 unspecified atom stereocenters. The number of halogens is 1. The maximum Gasteiger partial charge on any atom is 0.321 e. The lowest BCUT2D eigenvalue weighted by molar-refractivity contribution is -0.139. The van der Waals surface area contributed by atoms with Crippen molar-refractivity contribution in [2.24, 2.45) is 5.73 Å². The first-order valence-corrected chi connectivity index (χ1v) is 7.34. The molecule has 1 rings (SSSR count). The molecule has 1 atom stereocenters. The molecule has 0 saturated heterocycles. The van der Waals surface area contributed by atoms with Gasteiger partial charge >= 0.3 is 5.97 Å². The van der Waals surface area contributed by atoms with E-state index in [9.17, 15) is 4.79 Å². The van der Waals surface area contributed by atoms with Gasteiger partial charge in [-0.1, -0.05) is 0 Å². The number of carboxylic acid groups (broad SMARTS) is 1. The van der Waals surface area contributed by atoms with Crippen LogP contribution in [0, 0.1) is 0 Å². The van der Waals surface area contributed by atoms with Crippen LogP contribution in [-0.4, -0.2) is 21.9 Å². The highest BCUT2D eigenvalue weighted by molar-refractivity contribution is 9.10. The molecule has 0 aliphatic rings. The van der Waals surface area contributed by atoms with Crippen LogP contribution in [0.2, 0.25) is 0 Å². The number of hydrogen-bond donors (Lipinski definition) is 2. The van der Waals surface area contributed by atoms with Crippen molar-refractivity contribution in [2.45, 2.75) is 30.4 Å². The first kappa shape index (κ1) is 14.0. The van der Waals surface area contributed by atoms with Crippen LogP contribution < -0.4 is 5.73 Å². The molecule has 0 fully saturated rings. The van der Waals surface area contributed by atoms with Gasteiger partial charge in [0.1, 0.15) is 6.04 Å². The summed E-state index contributed by atoms with van der Waals surface area (Å²) in [5.74, 6) is -0.172. The fourth-order valence-corrected chi connectivity index (χ4v) is 3.64. The highest BCUT2D eigenvalue weighted by Gasteiger charge is 2.32. The van der Waals surface area contributed by atoms with Crippen LogP contribution in [-0.2, 0) is 10.5 Å². The standard InChI is InChI=1S/C10H14BrNO2S2/c1-10(2,8(12)9(13)14)16-5-7-3-6(11)4-15-7/h3-4,8H,5,12H2,1-2H3,(H,13,14)/t8-/m0/s1. The van der Waals surface area contributed by atoms with Gasteiger partial charge in [0.15, 0.2) is 0 Å². The summed E-state index contributed by atoms with van der Waals surface area (Å²) < 4.78 is 0.593. The van der Waals surface area contributed by atoms with Crippen molar-refractivity contribution in [2.75, 3.05) is 0 Å². The van der Waals surface area contributed by atoms with Crippen LogP contribution in [0.25, 0.3) is 0 Å². The van der Waals surface area contributed by atoms with Crippen molar-refractivity contribution in [3.05, 3.63) is 20.8 Å². The predicted molar refractivity (Wildman–Crippen MR) is 73.0 cm³/mol. The second kappa shape index (κ2) is 5.53. The van der Waals surface area contributed by atoms with Gasteiger partial charge in [-0.15, -0.1) is 23.1 Å². The van der Waals surface area contributed by atoms with Gasteiger partial charge in [0, 0.05) is 25.2 Å². The Balaban J connectivity index is 2.57. The lowest BCUT2D eigenvalue weighted by atomic mass is 10.1. The number of carboxylic acids is 1. The number of hydrogen-bond acceptors (Lipinski definition) is 4. The van der Waals surface area contributed by atoms with E-state index in [1.807, 2.05) is 25.3 Å². The van der Waals surface area contributed by atoms with Crippen molar-refractivity contribution in [1.82, 2.24) is 0 Å². The van der Waals surface area contributed by atoms with Crippen LogP contribution >= 0.6 is 39.0 Å². The third-order valence-corrected chi connectivity index (χ3v) is 5.56. The van der Waals surface area contributed by atoms with Gasteiger partial charge in [-0.25, -0.2) is 0 Å². The molecule has 1 heterocycles. The largest absolute Gasteiger partial charge is 0.480 e. The first-order chi connectivity index (χ1) is 7.33. The molecule has 0 amide bonds. The van der Waals surface area contributed by atoms with Crippen LogP contribution in [0.4, 0.5) is 0 Å². The molecule has 3 N–H and O–H groups in total. The van der Waals surface area contributed by atoms with Gasteiger partial charge < -0.3 is 10.8 Å². The van der Waals surface area contributed by atoms with E-state index in [2.05, 4.69) is 15.9 Å². The van der Waals surface area contributed by atoms with Gasteiger partial charge in [-0.05, 0) is 35.8 Å². The normalized spacial score (nSPS) is 13.8. The molecule has 1 aromatic rings. The highest BCUT2D eigenvalue weighted by atomic mass is 79.9. The van der Waals surface area contributed by atoms with E-state index in [4.69, 9.17) is 10.8 Å². The minimum absolute atomic E-state index is 0.470. The molecular formula is C10H14BrNO2S2. The number of aliphatic carboxylic acids is 1. The van der Waals surface area contributed by atoms with Crippen LogP contribution in [0.3, 0.4) is 0 Å². The summed E-state index contributed by atoms with van der Waals surface area (Å²) in [6.45, 7) is 3.72. The van der Waals surface area contributed by atoms with Crippen molar-refractivity contribution < 1.29 is 9.90 Å². The summed E-state index contributed by atoms with van der Waals surface area (Å²) in [5.41, 5.74) is 5.64. The smallest absolute Gasteiger partial charge is 0.321 e. The fraction of sp³-hybridized carbons (Fsp3) is 0.500. The number of thiophene rings is 1. The highest BCUT2D eigenvalue weighted by Crippen LogP contribution is 2.33. The lowest BCUT2D eigenvalue weighted by Crippen LogP contribution is -2.46. The molecule has 0 radical (unpaired) electrons. The molecule has 1 aromatic heterocycles. The van der Waals surface area contributed by atoms with E-state index in [1.54, 1.807) is 23.1 Å². The number of carbonyl (C=O) groups is 1. The third kappa shape index (κ3) is 3.76. The van der Waals surface area contributed by atoms with Crippen molar-refractivity contribution >= 4 is 45.0 Å². The second-order valence-corrected chi connectivity index (χ2v) is 7.48. The average Bonchev–Trinajstić information content (AvgIpc) is 2.60. The van der Waals surface area contributed by atoms with Crippen LogP contribution in [0.5, 0.6) is 0 Å². The molecule has 0 saturated carbocycles. The van der Waals surface area contributed by atoms with Gasteiger partial charge in [-0.3, -0.25) is 4.79 Å². The van der Waals surface area contributed by atoms with Crippen molar-refractivity contribution in [3.63, 3.8) is 0 Å². The maximum absolute atomic E-state index is 10.8. The lowest BCUT2D eigenvalue weighted by Gasteiger charge is -2.27. The summed E-state index contributed by atoms with van der Waals surface area (Å²) in [5, 5.41) is 10.9. The van der Waals surface area contributed by atoms with E-state index >= 15 is 0 Å². The Bertz CT molecular complexity index is 379. The summed E-state index contributed by atoms with van der Waals surface area (Å²) in [7, 11) is 0. The van der Waals surface area contributed by atoms with Gasteiger partial charge in [0.05, 0.1) is 0 Å². The van der Waals surface area contributed by atoms with E-state index in [-0.39, 0.29) is 0 Å². The molecule has 0 aliphatic heterocycles. The van der Waals surface area contributed by atoms with Crippen LogP contribution in [0.1, 0.15) is 18.7 Å². The van der Waals surface area contributed by atoms with Gasteiger partial charge in [-0.2, -0.15) is 0 Å². The monoisotopic (exact) mass is 323 g/mol. The molecular weight excluding hydrogens is 310 g/mol. The minimum Gasteiger partial charge on any atom is -0.480 e. The quantitative estimate of drug-likeness (QED) is 0.874. The SMILES string of the molecule is CC(C)(SCc1cc(Br)cs1)[C@@H](N)C(=O)O. The molecule has 16 heavy (non-hydrogen) atoms. The predicted octanol–water partition coefficient (Wildman–Crippen LogP) is 2.93. The molecule has 0 bridgehead atoms. The summed E-state index contributed by atoms with van der Waals surface area (Å²) in [6, 6.07) is 1.20. The first-order valence-electron chi connectivity index (χ1n) is 4.68. The third-order valence-electron chi connectivity index (χ3n) is 2.22. The fourth-order valence-electron chi connectivity index (χ4n) is 1.07. The summed E-state index contributed by atoms with van der Waals surface area (Å²) in [6.07, 6.45) is 0. The van der Waals surface area contributed by atoms with Gasteiger partial charge in [0.25, 0.3) is 0 Å². The maximum atomic E-state index is 10.8. The molecule has 3 nitrogen and oxygen atoms in total. The number of thioether (sulfide) groups is 1. The Labute approximate surface area is 112 Å². The number of rotatable bonds is 5. The molecule has 0 aromatic carbocycles. The van der Waals surface area contributed by atoms with Crippen molar-refractivity contribution in [3.8, 4) is 0 Å². The van der Waals surface area contributed by atoms with E-state index in [1.165, 1.54) is 4.88 Å². The van der Waals surface area contributed by atoms with Crippen LogP contribution in [0.15, 0.2) is 15.9 Å². The zero-order valence-corrected chi connectivity index (χ0v) is 12.3. The molecule has 0 aliphatic carbocycles. The Morgan fingerprint density at radius 3 is 2.81 bits per heavy atom. The minimum atomic E-state index is -0.954. The summed E-state index contributed by atoms with van der Waals surface area (Å²) >= 11 is 6.61. The summed E-state index contributed by atoms with van der Waals surface area (Å²) in [4.78, 5) is 12.0. The average molecular weight is 324 g/mol. The molecule has 90 valence electrons. The Morgan fingerprint density at radius 2 is 2.38 bits per heavy atom. The Morgan fingerprint density at radius 1 is 1.75 bits per heavy atom. The molecule has 0 spiro atoms. The van der Waals surface area contributed by atoms with E-state index < -0.39 is 16.8 Å². The zero-order chi connectivity index (χ0) is 12.3. The molecule has 6 heteroatoms. The van der Waals surface area contributed by atoms with E-state index in [0.717, 1.165) is 10.2 Å². The zero-order valence-electron chi connectivity index (χ0n) is 9.07. The Kier molecular flexibility index (Phi) is 4.85. The second-order valence-electron chi connectivity index (χ2n) is 3.94. The van der Waals surface area contributed by atoms with Gasteiger partial charge in [0.2, 0.25) is 0 Å². The Hall–Kier alpha value is -0.0400. The number of nitrogens with two attached hydrogens (primary N) is 1.